The van der Waals surface area contributed by atoms with E-state index in [0.717, 1.165) is 92.0 Å². The van der Waals surface area contributed by atoms with Gasteiger partial charge in [0.15, 0.2) is 0 Å². The van der Waals surface area contributed by atoms with Gasteiger partial charge >= 0.3 is 103 Å². The minimum absolute atomic E-state index is 0. The summed E-state index contributed by atoms with van der Waals surface area (Å²) in [7, 11) is -12.7. The molecular weight excluding hydrogens is 834 g/mol. The number of benzene rings is 3. The van der Waals surface area contributed by atoms with E-state index in [1.54, 1.807) is 48.5 Å². The Kier molecular flexibility index (Phi) is 21.7. The molecular formula is C42H57K2N2O8PS2. The molecule has 10 nitrogen and oxygen atoms in total. The van der Waals surface area contributed by atoms with Gasteiger partial charge in [-0.25, -0.2) is 16.8 Å². The van der Waals surface area contributed by atoms with Gasteiger partial charge in [-0.05, 0) is 100 Å². The van der Waals surface area contributed by atoms with E-state index in [1.807, 2.05) is 26.0 Å². The molecule has 3 aromatic rings. The summed E-state index contributed by atoms with van der Waals surface area (Å²) in [5.74, 6) is -0.909. The molecule has 57 heavy (non-hydrogen) atoms. The van der Waals surface area contributed by atoms with Crippen LogP contribution in [0.25, 0.3) is 0 Å². The maximum atomic E-state index is 15.6. The molecule has 302 valence electrons. The van der Waals surface area contributed by atoms with Crippen molar-refractivity contribution in [2.75, 3.05) is 24.6 Å². The van der Waals surface area contributed by atoms with Crippen molar-refractivity contribution < 1.29 is 138 Å². The first-order valence-electron chi connectivity index (χ1n) is 19.8. The van der Waals surface area contributed by atoms with E-state index in [9.17, 15) is 25.9 Å². The fourth-order valence-electron chi connectivity index (χ4n) is 8.91. The van der Waals surface area contributed by atoms with Crippen molar-refractivity contribution in [3.63, 3.8) is 0 Å². The third-order valence-electron chi connectivity index (χ3n) is 11.9. The molecule has 3 aromatic carbocycles. The third kappa shape index (κ3) is 14.3. The second-order valence-electron chi connectivity index (χ2n) is 15.5. The van der Waals surface area contributed by atoms with Crippen molar-refractivity contribution in [1.29, 1.82) is 0 Å². The first kappa shape index (κ1) is 51.9. The van der Waals surface area contributed by atoms with Crippen molar-refractivity contribution in [3.8, 4) is 0 Å². The van der Waals surface area contributed by atoms with Gasteiger partial charge in [0, 0.05) is 52.9 Å². The van der Waals surface area contributed by atoms with Crippen molar-refractivity contribution in [2.24, 2.45) is 0 Å². The summed E-state index contributed by atoms with van der Waals surface area (Å²) in [6, 6.07) is 18.2. The average Bonchev–Trinajstić information content (AvgIpc) is 3.16. The SMILES string of the molecule is Cc1c(CN(CCCS(=O)(=O)[O-])C2CCCCC2)c(C)c(C(=O)P(=O)(c2ccccc2)c2ccccc2)c(C)c1CN(CCCS(=O)(=O)[O-])C1CCCCC1.[K+].[K+]. The Morgan fingerprint density at radius 2 is 0.965 bits per heavy atom. The predicted octanol–water partition coefficient (Wildman–Crippen LogP) is 0.914. The van der Waals surface area contributed by atoms with Crippen LogP contribution in [0.15, 0.2) is 60.7 Å². The topological polar surface area (TPSA) is 155 Å². The standard InChI is InChI=1S/C42H59N2O8PS2.2K/c1-32-39(30-43(26-16-28-54(47,48)49)35-18-8-4-9-19-35)33(2)41(42(45)53(46,37-22-12-6-13-23-37)38-24-14-7-15-25-38)34(3)40(32)31-44(27-17-29-55(50,51)52)36-20-10-5-11-21-36;;/h6-7,12-15,22-25,35-36H,4-5,8-11,16-21,26-31H2,1-3H3,(H,47,48,49)(H,50,51,52);;/q;2*+1/p-2. The van der Waals surface area contributed by atoms with Gasteiger partial charge in [0.1, 0.15) is 0 Å². The van der Waals surface area contributed by atoms with Gasteiger partial charge in [-0.3, -0.25) is 14.6 Å². The molecule has 2 fully saturated rings. The number of carbonyl (C=O) groups is 1. The number of nitrogens with zero attached hydrogens (tertiary/aromatic N) is 2. The number of carbonyl (C=O) groups excluding carboxylic acids is 1. The van der Waals surface area contributed by atoms with Crippen molar-refractivity contribution in [3.05, 3.63) is 94.0 Å². The number of hydrogen-bond donors (Lipinski definition) is 0. The van der Waals surface area contributed by atoms with Crippen LogP contribution < -0.4 is 113 Å². The first-order chi connectivity index (χ1) is 26.1. The second kappa shape index (κ2) is 23.9. The van der Waals surface area contributed by atoms with Crippen LogP contribution >= 0.6 is 7.14 Å². The Labute approximate surface area is 426 Å². The summed E-state index contributed by atoms with van der Waals surface area (Å²) in [4.78, 5) is 19.9. The van der Waals surface area contributed by atoms with E-state index >= 15 is 9.36 Å². The van der Waals surface area contributed by atoms with Crippen LogP contribution in [0.4, 0.5) is 0 Å². The van der Waals surface area contributed by atoms with Gasteiger partial charge in [-0.1, -0.05) is 99.2 Å². The van der Waals surface area contributed by atoms with E-state index in [1.165, 1.54) is 0 Å². The van der Waals surface area contributed by atoms with E-state index in [4.69, 9.17) is 0 Å². The zero-order valence-electron chi connectivity index (χ0n) is 34.6. The zero-order chi connectivity index (χ0) is 39.8. The maximum absolute atomic E-state index is 15.6. The Morgan fingerprint density at radius 1 is 0.614 bits per heavy atom. The molecule has 2 aliphatic rings. The molecule has 0 N–H and O–H groups in total. The van der Waals surface area contributed by atoms with Crippen LogP contribution in [0.3, 0.4) is 0 Å². The largest absolute Gasteiger partial charge is 1.00 e. The van der Waals surface area contributed by atoms with Crippen molar-refractivity contribution >= 4 is 43.5 Å². The summed E-state index contributed by atoms with van der Waals surface area (Å²) in [5.41, 5.74) is 4.23. The van der Waals surface area contributed by atoms with Crippen molar-refractivity contribution in [2.45, 2.75) is 123 Å². The smallest absolute Gasteiger partial charge is 0.748 e. The van der Waals surface area contributed by atoms with Gasteiger partial charge in [-0.15, -0.1) is 0 Å². The van der Waals surface area contributed by atoms with Crippen LogP contribution in [0, 0.1) is 20.8 Å². The molecule has 2 aliphatic carbocycles. The Hall–Kier alpha value is 0.573. The van der Waals surface area contributed by atoms with Crippen LogP contribution in [0.1, 0.15) is 115 Å². The second-order valence-corrected chi connectivity index (χ2v) is 21.3. The minimum atomic E-state index is -4.40. The monoisotopic (exact) mass is 890 g/mol. The molecule has 2 saturated carbocycles. The van der Waals surface area contributed by atoms with E-state index in [-0.39, 0.29) is 128 Å². The van der Waals surface area contributed by atoms with Gasteiger partial charge in [0.05, 0.1) is 20.2 Å². The Bertz CT molecular complexity index is 1910. The van der Waals surface area contributed by atoms with E-state index in [0.29, 0.717) is 42.4 Å². The van der Waals surface area contributed by atoms with E-state index in [2.05, 4.69) is 16.7 Å². The average molecular weight is 891 g/mol. The van der Waals surface area contributed by atoms with Crippen molar-refractivity contribution in [1.82, 2.24) is 9.80 Å². The molecule has 0 atom stereocenters. The maximum Gasteiger partial charge on any atom is 1.00 e. The fraction of sp³-hybridized carbons (Fsp3) is 0.548. The van der Waals surface area contributed by atoms with Crippen LogP contribution in [-0.4, -0.2) is 77.9 Å². The molecule has 5 rings (SSSR count). The summed E-state index contributed by atoms with van der Waals surface area (Å²) >= 11 is 0. The Morgan fingerprint density at radius 3 is 1.30 bits per heavy atom. The van der Waals surface area contributed by atoms with Crippen LogP contribution in [-0.2, 0) is 37.9 Å². The summed E-state index contributed by atoms with van der Waals surface area (Å²) < 4.78 is 85.5. The van der Waals surface area contributed by atoms with Gasteiger partial charge in [0.25, 0.3) is 0 Å². The summed E-state index contributed by atoms with van der Waals surface area (Å²) in [6.07, 6.45) is 10.6. The van der Waals surface area contributed by atoms with Gasteiger partial charge < -0.3 is 13.7 Å². The normalized spacial score (nSPS) is 16.0. The minimum Gasteiger partial charge on any atom is -0.748 e. The molecule has 0 aromatic heterocycles. The molecule has 0 unspecified atom stereocenters. The molecule has 0 amide bonds. The van der Waals surface area contributed by atoms with Crippen LogP contribution in [0.2, 0.25) is 0 Å². The number of rotatable bonds is 18. The fourth-order valence-corrected chi connectivity index (χ4v) is 12.5. The molecule has 0 spiro atoms. The molecule has 0 radical (unpaired) electrons. The third-order valence-corrected chi connectivity index (χ3v) is 16.3. The predicted molar refractivity (Wildman–Crippen MR) is 218 cm³/mol. The number of hydrogen-bond acceptors (Lipinski definition) is 10. The molecule has 0 heterocycles. The quantitative estimate of drug-likeness (QED) is 0.102. The molecule has 15 heteroatoms. The van der Waals surface area contributed by atoms with Gasteiger partial charge in [0.2, 0.25) is 12.7 Å². The Balaban J connectivity index is 0.00000435. The zero-order valence-corrected chi connectivity index (χ0v) is 43.4. The molecule has 0 bridgehead atoms. The van der Waals surface area contributed by atoms with Crippen LogP contribution in [0.5, 0.6) is 0 Å². The van der Waals surface area contributed by atoms with Gasteiger partial charge in [-0.2, -0.15) is 0 Å². The molecule has 0 saturated heterocycles. The summed E-state index contributed by atoms with van der Waals surface area (Å²) in [5, 5.41) is 0.887. The van der Waals surface area contributed by atoms with E-state index < -0.39 is 44.4 Å². The summed E-state index contributed by atoms with van der Waals surface area (Å²) in [6.45, 7) is 7.55. The first-order valence-corrected chi connectivity index (χ1v) is 24.7. The molecule has 0 aliphatic heterocycles.